The van der Waals surface area contributed by atoms with Crippen molar-refractivity contribution in [2.75, 3.05) is 7.11 Å². The first-order valence-electron chi connectivity index (χ1n) is 7.18. The molecule has 0 bridgehead atoms. The maximum Gasteiger partial charge on any atom is 0.264 e. The second-order valence-corrected chi connectivity index (χ2v) is 5.32. The van der Waals surface area contributed by atoms with Crippen molar-refractivity contribution in [1.82, 2.24) is 15.5 Å². The molecule has 1 unspecified atom stereocenters. The van der Waals surface area contributed by atoms with E-state index in [1.54, 1.807) is 31.4 Å². The molecular weight excluding hydrogens is 282 g/mol. The van der Waals surface area contributed by atoms with E-state index in [0.717, 1.165) is 24.1 Å². The van der Waals surface area contributed by atoms with Gasteiger partial charge in [0.15, 0.2) is 0 Å². The van der Waals surface area contributed by atoms with Gasteiger partial charge in [-0.05, 0) is 37.0 Å². The maximum absolute atomic E-state index is 12.4. The van der Waals surface area contributed by atoms with Crippen molar-refractivity contribution in [2.45, 2.75) is 25.3 Å². The molecule has 0 aliphatic heterocycles. The van der Waals surface area contributed by atoms with Crippen LogP contribution in [0.15, 0.2) is 35.1 Å². The zero-order valence-electron chi connectivity index (χ0n) is 12.3. The fraction of sp³-hybridized carbons (Fsp3) is 0.312. The summed E-state index contributed by atoms with van der Waals surface area (Å²) in [5, 5.41) is 9.51. The third-order valence-electron chi connectivity index (χ3n) is 3.86. The number of ether oxygens (including phenoxy) is 1. The van der Waals surface area contributed by atoms with E-state index in [9.17, 15) is 9.59 Å². The molecule has 0 fully saturated rings. The zero-order chi connectivity index (χ0) is 15.5. The number of carbonyl (C=O) groups is 1. The minimum atomic E-state index is -0.213. The van der Waals surface area contributed by atoms with Gasteiger partial charge in [-0.3, -0.25) is 9.59 Å². The molecule has 0 saturated heterocycles. The van der Waals surface area contributed by atoms with Crippen LogP contribution in [0.5, 0.6) is 5.75 Å². The normalized spacial score (nSPS) is 16.7. The van der Waals surface area contributed by atoms with Crippen LogP contribution in [0, 0.1) is 0 Å². The van der Waals surface area contributed by atoms with Gasteiger partial charge in [-0.1, -0.05) is 12.1 Å². The highest BCUT2D eigenvalue weighted by atomic mass is 16.5. The van der Waals surface area contributed by atoms with Crippen LogP contribution in [0.2, 0.25) is 0 Å². The van der Waals surface area contributed by atoms with Crippen molar-refractivity contribution in [3.8, 4) is 5.75 Å². The summed E-state index contributed by atoms with van der Waals surface area (Å²) in [6, 6.07) is 8.67. The van der Waals surface area contributed by atoms with Crippen molar-refractivity contribution in [3.05, 3.63) is 57.5 Å². The Kier molecular flexibility index (Phi) is 3.91. The van der Waals surface area contributed by atoms with E-state index in [2.05, 4.69) is 15.5 Å². The Balaban J connectivity index is 1.74. The van der Waals surface area contributed by atoms with Crippen molar-refractivity contribution in [2.24, 2.45) is 0 Å². The monoisotopic (exact) mass is 299 g/mol. The van der Waals surface area contributed by atoms with E-state index in [4.69, 9.17) is 4.74 Å². The number of benzene rings is 1. The van der Waals surface area contributed by atoms with Gasteiger partial charge in [-0.15, -0.1) is 0 Å². The van der Waals surface area contributed by atoms with Crippen LogP contribution in [-0.4, -0.2) is 29.3 Å². The van der Waals surface area contributed by atoms with Crippen molar-refractivity contribution in [1.29, 1.82) is 0 Å². The third-order valence-corrected chi connectivity index (χ3v) is 3.86. The van der Waals surface area contributed by atoms with Crippen molar-refractivity contribution in [3.63, 3.8) is 0 Å². The Labute approximate surface area is 127 Å². The van der Waals surface area contributed by atoms with Gasteiger partial charge in [0.05, 0.1) is 18.4 Å². The second kappa shape index (κ2) is 6.01. The molecule has 114 valence electrons. The van der Waals surface area contributed by atoms with Gasteiger partial charge in [0, 0.05) is 12.1 Å². The Morgan fingerprint density at radius 2 is 2.23 bits per heavy atom. The second-order valence-electron chi connectivity index (χ2n) is 5.32. The number of para-hydroxylation sites is 1. The van der Waals surface area contributed by atoms with Gasteiger partial charge in [-0.25, -0.2) is 5.10 Å². The lowest BCUT2D eigenvalue weighted by Crippen LogP contribution is -2.39. The number of carbonyl (C=O) groups excluding carboxylic acids is 1. The lowest BCUT2D eigenvalue weighted by molar-refractivity contribution is 0.0930. The maximum atomic E-state index is 12.4. The molecule has 2 aromatic rings. The fourth-order valence-electron chi connectivity index (χ4n) is 2.76. The van der Waals surface area contributed by atoms with Crippen molar-refractivity contribution < 1.29 is 9.53 Å². The molecule has 2 N–H and O–H groups in total. The molecule has 1 aliphatic rings. The average Bonchev–Trinajstić information content (AvgIpc) is 2.54. The minimum Gasteiger partial charge on any atom is -0.496 e. The number of hydrogen-bond donors (Lipinski definition) is 2. The van der Waals surface area contributed by atoms with E-state index in [1.807, 2.05) is 6.07 Å². The van der Waals surface area contributed by atoms with E-state index in [0.29, 0.717) is 17.7 Å². The van der Waals surface area contributed by atoms with Crippen LogP contribution in [0.25, 0.3) is 0 Å². The molecule has 1 atom stereocenters. The summed E-state index contributed by atoms with van der Waals surface area (Å²) in [5.41, 5.74) is 2.11. The molecule has 3 rings (SSSR count). The van der Waals surface area contributed by atoms with Crippen LogP contribution in [-0.2, 0) is 12.8 Å². The summed E-state index contributed by atoms with van der Waals surface area (Å²) < 4.78 is 5.21. The molecule has 0 radical (unpaired) electrons. The molecule has 6 nitrogen and oxygen atoms in total. The number of aryl methyl sites for hydroxylation is 1. The molecule has 6 heteroatoms. The van der Waals surface area contributed by atoms with Gasteiger partial charge in [-0.2, -0.15) is 5.10 Å². The van der Waals surface area contributed by atoms with Gasteiger partial charge in [0.25, 0.3) is 11.5 Å². The summed E-state index contributed by atoms with van der Waals surface area (Å²) in [7, 11) is 1.54. The Morgan fingerprint density at radius 3 is 3.05 bits per heavy atom. The predicted octanol–water partition coefficient (Wildman–Crippen LogP) is 1.07. The number of amides is 1. The summed E-state index contributed by atoms with van der Waals surface area (Å²) in [6.45, 7) is 0. The van der Waals surface area contributed by atoms with Crippen LogP contribution in [0.3, 0.4) is 0 Å². The van der Waals surface area contributed by atoms with Crippen LogP contribution in [0.4, 0.5) is 0 Å². The Morgan fingerprint density at radius 1 is 1.41 bits per heavy atom. The predicted molar refractivity (Wildman–Crippen MR) is 81.1 cm³/mol. The van der Waals surface area contributed by atoms with Crippen molar-refractivity contribution >= 4 is 5.91 Å². The topological polar surface area (TPSA) is 84.1 Å². The number of aromatic amines is 1. The average molecular weight is 299 g/mol. The number of rotatable bonds is 3. The zero-order valence-corrected chi connectivity index (χ0v) is 12.3. The lowest BCUT2D eigenvalue weighted by atomic mass is 9.92. The fourth-order valence-corrected chi connectivity index (χ4v) is 2.76. The molecule has 1 aromatic heterocycles. The van der Waals surface area contributed by atoms with Gasteiger partial charge in [0.2, 0.25) is 0 Å². The standard InChI is InChI=1S/C16H17N3O3/c1-22-14-5-3-2-4-12(14)16(21)17-11-6-7-13-10(8-11)9-15(20)19-18-13/h2-5,9,11H,6-8H2,1H3,(H,17,21)(H,19,20). The Bertz CT molecular complexity index is 754. The smallest absolute Gasteiger partial charge is 0.264 e. The third kappa shape index (κ3) is 2.86. The van der Waals surface area contributed by atoms with Gasteiger partial charge < -0.3 is 10.1 Å². The molecule has 0 saturated carbocycles. The van der Waals surface area contributed by atoms with Crippen LogP contribution in [0.1, 0.15) is 28.0 Å². The number of hydrogen-bond acceptors (Lipinski definition) is 4. The lowest BCUT2D eigenvalue weighted by Gasteiger charge is -2.24. The Hall–Kier alpha value is -2.63. The van der Waals surface area contributed by atoms with Crippen LogP contribution >= 0.6 is 0 Å². The van der Waals surface area contributed by atoms with Crippen LogP contribution < -0.4 is 15.6 Å². The molecule has 1 aliphatic carbocycles. The molecular formula is C16H17N3O3. The molecule has 1 aromatic carbocycles. The van der Waals surface area contributed by atoms with Gasteiger partial charge in [0.1, 0.15) is 5.75 Å². The first kappa shape index (κ1) is 14.3. The minimum absolute atomic E-state index is 0.00601. The molecule has 0 spiro atoms. The number of aromatic nitrogens is 2. The number of H-pyrrole nitrogens is 1. The van der Waals surface area contributed by atoms with E-state index in [-0.39, 0.29) is 17.5 Å². The summed E-state index contributed by atoms with van der Waals surface area (Å²) in [6.07, 6.45) is 2.16. The molecule has 22 heavy (non-hydrogen) atoms. The highest BCUT2D eigenvalue weighted by Crippen LogP contribution is 2.20. The van der Waals surface area contributed by atoms with Gasteiger partial charge >= 0.3 is 0 Å². The van der Waals surface area contributed by atoms with E-state index in [1.165, 1.54) is 0 Å². The summed E-state index contributed by atoms with van der Waals surface area (Å²) >= 11 is 0. The summed E-state index contributed by atoms with van der Waals surface area (Å²) in [4.78, 5) is 23.8. The number of nitrogens with one attached hydrogen (secondary N) is 2. The SMILES string of the molecule is COc1ccccc1C(=O)NC1CCc2n[nH]c(=O)cc2C1. The number of fused-ring (bicyclic) bond motifs is 1. The highest BCUT2D eigenvalue weighted by Gasteiger charge is 2.23. The summed E-state index contributed by atoms with van der Waals surface area (Å²) in [5.74, 6) is 0.387. The first-order valence-corrected chi connectivity index (χ1v) is 7.18. The first-order chi connectivity index (χ1) is 10.7. The van der Waals surface area contributed by atoms with E-state index >= 15 is 0 Å². The number of methoxy groups -OCH3 is 1. The number of nitrogens with zero attached hydrogens (tertiary/aromatic N) is 1. The molecule has 1 amide bonds. The molecule has 1 heterocycles. The quantitative estimate of drug-likeness (QED) is 0.888. The largest absolute Gasteiger partial charge is 0.496 e. The van der Waals surface area contributed by atoms with E-state index < -0.39 is 0 Å². The highest BCUT2D eigenvalue weighted by molar-refractivity contribution is 5.97.